The van der Waals surface area contributed by atoms with Gasteiger partial charge in [0, 0.05) is 0 Å². The number of rotatable bonds is 5. The van der Waals surface area contributed by atoms with Crippen LogP contribution in [0, 0.1) is 0 Å². The number of aliphatic carboxylic acids is 2. The maximum Gasteiger partial charge on any atom is 0.327 e. The standard InChI is InChI=1S/C14H11NO7S2/c16-8-2-1-6(3-9(8)17)4-10-12(20)15(14(23)24-10)7(13(21)22)5-11(18)19/h1-4,7,16-17H,5H2,(H,18,19)(H,21,22)/b10-4+/t7-/m0/s1. The van der Waals surface area contributed by atoms with E-state index in [1.54, 1.807) is 0 Å². The number of hydrogen-bond acceptors (Lipinski definition) is 7. The predicted molar refractivity (Wildman–Crippen MR) is 88.5 cm³/mol. The molecule has 1 heterocycles. The molecule has 1 aromatic carbocycles. The van der Waals surface area contributed by atoms with Gasteiger partial charge in [-0.25, -0.2) is 4.79 Å². The van der Waals surface area contributed by atoms with Crippen molar-refractivity contribution in [2.45, 2.75) is 12.5 Å². The van der Waals surface area contributed by atoms with Gasteiger partial charge in [-0.3, -0.25) is 14.5 Å². The molecule has 1 amide bonds. The van der Waals surface area contributed by atoms with Crippen LogP contribution in [-0.2, 0) is 14.4 Å². The number of carboxylic acid groups (broad SMARTS) is 2. The van der Waals surface area contributed by atoms with Gasteiger partial charge in [-0.15, -0.1) is 0 Å². The third-order valence-electron chi connectivity index (χ3n) is 3.09. The Balaban J connectivity index is 2.33. The molecule has 0 unspecified atom stereocenters. The van der Waals surface area contributed by atoms with E-state index < -0.39 is 30.3 Å². The minimum absolute atomic E-state index is 0.0668. The van der Waals surface area contributed by atoms with Gasteiger partial charge >= 0.3 is 11.9 Å². The number of nitrogens with zero attached hydrogens (tertiary/aromatic N) is 1. The van der Waals surface area contributed by atoms with E-state index in [1.165, 1.54) is 24.3 Å². The zero-order valence-electron chi connectivity index (χ0n) is 11.9. The Kier molecular flexibility index (Phi) is 5.10. The molecular weight excluding hydrogens is 358 g/mol. The number of carbonyl (C=O) groups is 3. The molecule has 0 saturated carbocycles. The van der Waals surface area contributed by atoms with E-state index in [2.05, 4.69) is 0 Å². The number of amides is 1. The molecule has 2 rings (SSSR count). The van der Waals surface area contributed by atoms with Crippen molar-refractivity contribution in [2.75, 3.05) is 0 Å². The SMILES string of the molecule is O=C(O)C[C@@H](C(=O)O)N1C(=O)/C(=C\c2ccc(O)c(O)c2)SC1=S. The highest BCUT2D eigenvalue weighted by atomic mass is 32.2. The summed E-state index contributed by atoms with van der Waals surface area (Å²) in [6.45, 7) is 0. The van der Waals surface area contributed by atoms with Crippen LogP contribution in [0.5, 0.6) is 11.5 Å². The maximum atomic E-state index is 12.4. The van der Waals surface area contributed by atoms with Crippen LogP contribution < -0.4 is 0 Å². The number of hydrogen-bond donors (Lipinski definition) is 4. The van der Waals surface area contributed by atoms with E-state index in [4.69, 9.17) is 22.4 Å². The summed E-state index contributed by atoms with van der Waals surface area (Å²) >= 11 is 5.82. The Morgan fingerprint density at radius 1 is 1.25 bits per heavy atom. The lowest BCUT2D eigenvalue weighted by Crippen LogP contribution is -2.45. The lowest BCUT2D eigenvalue weighted by Gasteiger charge is -2.21. The summed E-state index contributed by atoms with van der Waals surface area (Å²) in [7, 11) is 0. The molecule has 1 aromatic rings. The minimum Gasteiger partial charge on any atom is -0.504 e. The van der Waals surface area contributed by atoms with Gasteiger partial charge in [-0.1, -0.05) is 30.0 Å². The molecule has 10 heteroatoms. The number of benzene rings is 1. The predicted octanol–water partition coefficient (Wildman–Crippen LogP) is 1.23. The van der Waals surface area contributed by atoms with Crippen LogP contribution in [0.4, 0.5) is 0 Å². The molecule has 1 atom stereocenters. The normalized spacial score (nSPS) is 17.3. The summed E-state index contributed by atoms with van der Waals surface area (Å²) in [6, 6.07) is 2.28. The lowest BCUT2D eigenvalue weighted by atomic mass is 10.1. The molecule has 1 aliphatic heterocycles. The van der Waals surface area contributed by atoms with Crippen molar-refractivity contribution in [1.82, 2.24) is 4.90 Å². The first-order valence-corrected chi connectivity index (χ1v) is 7.67. The van der Waals surface area contributed by atoms with Crippen LogP contribution in [0.3, 0.4) is 0 Å². The second kappa shape index (κ2) is 6.89. The first-order valence-electron chi connectivity index (χ1n) is 6.44. The highest BCUT2D eigenvalue weighted by Crippen LogP contribution is 2.35. The number of thiocarbonyl (C=S) groups is 1. The molecule has 1 saturated heterocycles. The highest BCUT2D eigenvalue weighted by Gasteiger charge is 2.41. The first-order chi connectivity index (χ1) is 11.2. The van der Waals surface area contributed by atoms with Gasteiger partial charge in [-0.2, -0.15) is 0 Å². The quantitative estimate of drug-likeness (QED) is 0.343. The van der Waals surface area contributed by atoms with E-state index >= 15 is 0 Å². The fraction of sp³-hybridized carbons (Fsp3) is 0.143. The lowest BCUT2D eigenvalue weighted by molar-refractivity contribution is -0.150. The van der Waals surface area contributed by atoms with Crippen molar-refractivity contribution in [2.24, 2.45) is 0 Å². The molecule has 24 heavy (non-hydrogen) atoms. The number of carbonyl (C=O) groups excluding carboxylic acids is 1. The van der Waals surface area contributed by atoms with Crippen LogP contribution in [0.1, 0.15) is 12.0 Å². The zero-order valence-corrected chi connectivity index (χ0v) is 13.5. The summed E-state index contributed by atoms with van der Waals surface area (Å²) in [5, 5.41) is 36.7. The van der Waals surface area contributed by atoms with Crippen molar-refractivity contribution in [1.29, 1.82) is 0 Å². The number of aromatic hydroxyl groups is 2. The fourth-order valence-electron chi connectivity index (χ4n) is 1.98. The van der Waals surface area contributed by atoms with E-state index in [9.17, 15) is 24.6 Å². The molecule has 0 bridgehead atoms. The molecule has 126 valence electrons. The van der Waals surface area contributed by atoms with Crippen molar-refractivity contribution in [3.8, 4) is 11.5 Å². The Morgan fingerprint density at radius 2 is 1.92 bits per heavy atom. The second-order valence-electron chi connectivity index (χ2n) is 4.75. The fourth-order valence-corrected chi connectivity index (χ4v) is 3.34. The van der Waals surface area contributed by atoms with E-state index in [0.29, 0.717) is 5.56 Å². The Labute approximate surface area is 145 Å². The van der Waals surface area contributed by atoms with Gasteiger partial charge in [0.2, 0.25) is 0 Å². The van der Waals surface area contributed by atoms with Crippen LogP contribution in [0.15, 0.2) is 23.1 Å². The summed E-state index contributed by atoms with van der Waals surface area (Å²) < 4.78 is -0.0668. The maximum absolute atomic E-state index is 12.4. The monoisotopic (exact) mass is 369 g/mol. The van der Waals surface area contributed by atoms with Gasteiger partial charge in [0.15, 0.2) is 11.5 Å². The minimum atomic E-state index is -1.60. The molecule has 0 aliphatic carbocycles. The average Bonchev–Trinajstić information content (AvgIpc) is 2.75. The van der Waals surface area contributed by atoms with Gasteiger partial charge in [-0.05, 0) is 23.8 Å². The molecule has 4 N–H and O–H groups in total. The Hall–Kier alpha value is -2.59. The highest BCUT2D eigenvalue weighted by molar-refractivity contribution is 8.26. The molecule has 1 aliphatic rings. The van der Waals surface area contributed by atoms with Gasteiger partial charge in [0.05, 0.1) is 11.3 Å². The average molecular weight is 369 g/mol. The zero-order chi connectivity index (χ0) is 18.0. The molecule has 0 aromatic heterocycles. The van der Waals surface area contributed by atoms with E-state index in [-0.39, 0.29) is 20.7 Å². The number of phenolic OH excluding ortho intramolecular Hbond substituents is 2. The molecule has 0 radical (unpaired) electrons. The van der Waals surface area contributed by atoms with Crippen molar-refractivity contribution in [3.63, 3.8) is 0 Å². The topological polar surface area (TPSA) is 135 Å². The first kappa shape index (κ1) is 17.8. The van der Waals surface area contributed by atoms with Gasteiger partial charge in [0.25, 0.3) is 5.91 Å². The number of carboxylic acids is 2. The molecule has 1 fully saturated rings. The van der Waals surface area contributed by atoms with Crippen molar-refractivity contribution in [3.05, 3.63) is 28.7 Å². The molecule has 0 spiro atoms. The summed E-state index contributed by atoms with van der Waals surface area (Å²) in [4.78, 5) is 35.3. The third-order valence-corrected chi connectivity index (χ3v) is 4.42. The van der Waals surface area contributed by atoms with Crippen LogP contribution >= 0.6 is 24.0 Å². The van der Waals surface area contributed by atoms with Gasteiger partial charge in [0.1, 0.15) is 10.4 Å². The number of thioether (sulfide) groups is 1. The van der Waals surface area contributed by atoms with Crippen molar-refractivity contribution >= 4 is 52.2 Å². The van der Waals surface area contributed by atoms with E-state index in [0.717, 1.165) is 16.7 Å². The molecular formula is C14H11NO7S2. The van der Waals surface area contributed by atoms with Crippen molar-refractivity contribution < 1.29 is 34.8 Å². The Bertz CT molecular complexity index is 774. The van der Waals surface area contributed by atoms with Crippen LogP contribution in [0.25, 0.3) is 6.08 Å². The summed E-state index contributed by atoms with van der Waals surface area (Å²) in [5.74, 6) is -4.28. The largest absolute Gasteiger partial charge is 0.504 e. The summed E-state index contributed by atoms with van der Waals surface area (Å²) in [5.41, 5.74) is 0.385. The van der Waals surface area contributed by atoms with Gasteiger partial charge < -0.3 is 20.4 Å². The molecule has 8 nitrogen and oxygen atoms in total. The smallest absolute Gasteiger partial charge is 0.327 e. The van der Waals surface area contributed by atoms with Crippen LogP contribution in [0.2, 0.25) is 0 Å². The number of phenols is 2. The van der Waals surface area contributed by atoms with Crippen LogP contribution in [-0.4, -0.2) is 53.5 Å². The summed E-state index contributed by atoms with van der Waals surface area (Å²) in [6.07, 6.45) is 0.577. The Morgan fingerprint density at radius 3 is 2.46 bits per heavy atom. The third kappa shape index (κ3) is 3.66. The second-order valence-corrected chi connectivity index (χ2v) is 6.43. The van der Waals surface area contributed by atoms with E-state index in [1.807, 2.05) is 0 Å².